The molecule has 1 amide bonds. The van der Waals surface area contributed by atoms with Crippen LogP contribution < -0.4 is 5.32 Å². The lowest BCUT2D eigenvalue weighted by Crippen LogP contribution is -2.25. The Bertz CT molecular complexity index is 973. The van der Waals surface area contributed by atoms with Crippen LogP contribution in [-0.4, -0.2) is 30.3 Å². The van der Waals surface area contributed by atoms with Crippen LogP contribution in [0.3, 0.4) is 0 Å². The number of fused-ring (bicyclic) bond motifs is 1. The summed E-state index contributed by atoms with van der Waals surface area (Å²) in [7, 11) is 0. The average Bonchev–Trinajstić information content (AvgIpc) is 3.15. The maximum absolute atomic E-state index is 13.3. The number of nitrogens with one attached hydrogen (secondary N) is 1. The van der Waals surface area contributed by atoms with E-state index in [0.29, 0.717) is 11.6 Å². The number of aromatic nitrogens is 5. The van der Waals surface area contributed by atoms with Gasteiger partial charge in [-0.2, -0.15) is 10.2 Å². The molecule has 1 aliphatic carbocycles. The molecule has 1 aliphatic rings. The molecule has 0 aliphatic heterocycles. The molecule has 136 valence electrons. The first kappa shape index (κ1) is 16.6. The highest BCUT2D eigenvalue weighted by Gasteiger charge is 2.30. The average molecular weight is 360 g/mol. The minimum atomic E-state index is -2.77. The van der Waals surface area contributed by atoms with Crippen LogP contribution in [0.2, 0.25) is 0 Å². The molecular weight excluding hydrogens is 342 g/mol. The first-order valence-corrected chi connectivity index (χ1v) is 8.41. The van der Waals surface area contributed by atoms with E-state index in [0.717, 1.165) is 18.4 Å². The molecule has 0 bridgehead atoms. The van der Waals surface area contributed by atoms with E-state index in [1.54, 1.807) is 12.4 Å². The zero-order valence-corrected chi connectivity index (χ0v) is 14.4. The number of anilines is 1. The maximum atomic E-state index is 13.3. The van der Waals surface area contributed by atoms with Crippen molar-refractivity contribution in [3.05, 3.63) is 41.6 Å². The van der Waals surface area contributed by atoms with Gasteiger partial charge in [0.1, 0.15) is 5.56 Å². The van der Waals surface area contributed by atoms with Crippen LogP contribution in [0.5, 0.6) is 0 Å². The van der Waals surface area contributed by atoms with Gasteiger partial charge in [-0.3, -0.25) is 9.48 Å². The maximum Gasteiger partial charge on any atom is 0.284 e. The summed E-state index contributed by atoms with van der Waals surface area (Å²) in [5, 5.41) is 10.6. The second kappa shape index (κ2) is 6.15. The minimum Gasteiger partial charge on any atom is -0.319 e. The minimum absolute atomic E-state index is 0.0241. The van der Waals surface area contributed by atoms with E-state index in [4.69, 9.17) is 0 Å². The van der Waals surface area contributed by atoms with Crippen molar-refractivity contribution >= 4 is 17.2 Å². The molecule has 26 heavy (non-hydrogen) atoms. The molecule has 3 heterocycles. The first-order valence-electron chi connectivity index (χ1n) is 8.41. The summed E-state index contributed by atoms with van der Waals surface area (Å²) in [5.41, 5.74) is 1.08. The van der Waals surface area contributed by atoms with Gasteiger partial charge in [0, 0.05) is 18.6 Å². The second-order valence-electron chi connectivity index (χ2n) is 6.85. The SMILES string of the molecule is Cc1cnc2c(C(=O)Nc3cn(C4CC(C)C4)nc3C(F)F)cnn2c1. The molecule has 0 atom stereocenters. The number of rotatable bonds is 4. The molecule has 0 spiro atoms. The number of halogens is 2. The number of hydrogen-bond acceptors (Lipinski definition) is 4. The number of carbonyl (C=O) groups excluding carboxylic acids is 1. The number of alkyl halides is 2. The molecule has 0 saturated heterocycles. The standard InChI is InChI=1S/C17H18F2N6O/c1-9-3-11(4-9)24-8-13(14(23-24)15(18)19)22-17(26)12-6-21-25-7-10(2)5-20-16(12)25/h5-9,11,15H,3-4H2,1-2H3,(H,22,26). The molecule has 3 aromatic rings. The third kappa shape index (κ3) is 2.83. The van der Waals surface area contributed by atoms with Crippen molar-refractivity contribution in [2.75, 3.05) is 5.32 Å². The number of hydrogen-bond donors (Lipinski definition) is 1. The molecule has 0 radical (unpaired) electrons. The van der Waals surface area contributed by atoms with Crippen LogP contribution in [0.1, 0.15) is 53.8 Å². The highest BCUT2D eigenvalue weighted by molar-refractivity contribution is 6.08. The van der Waals surface area contributed by atoms with E-state index < -0.39 is 18.0 Å². The van der Waals surface area contributed by atoms with Crippen LogP contribution in [0, 0.1) is 12.8 Å². The Hall–Kier alpha value is -2.84. The molecular formula is C17H18F2N6O. The van der Waals surface area contributed by atoms with Crippen LogP contribution in [0.4, 0.5) is 14.5 Å². The molecule has 1 saturated carbocycles. The van der Waals surface area contributed by atoms with Crippen molar-refractivity contribution in [2.45, 2.75) is 39.2 Å². The van der Waals surface area contributed by atoms with Gasteiger partial charge in [0.15, 0.2) is 11.3 Å². The monoisotopic (exact) mass is 360 g/mol. The zero-order valence-electron chi connectivity index (χ0n) is 14.4. The van der Waals surface area contributed by atoms with E-state index in [-0.39, 0.29) is 17.3 Å². The second-order valence-corrected chi connectivity index (χ2v) is 6.85. The lowest BCUT2D eigenvalue weighted by molar-refractivity contribution is 0.102. The van der Waals surface area contributed by atoms with Gasteiger partial charge in [-0.1, -0.05) is 6.92 Å². The predicted molar refractivity (Wildman–Crippen MR) is 90.3 cm³/mol. The number of aryl methyl sites for hydroxylation is 1. The summed E-state index contributed by atoms with van der Waals surface area (Å²) in [6, 6.07) is 0.106. The van der Waals surface area contributed by atoms with Gasteiger partial charge < -0.3 is 5.32 Å². The van der Waals surface area contributed by atoms with Crippen molar-refractivity contribution < 1.29 is 13.6 Å². The Kier molecular flexibility index (Phi) is 3.93. The Morgan fingerprint density at radius 2 is 2.08 bits per heavy atom. The Balaban J connectivity index is 1.62. The zero-order chi connectivity index (χ0) is 18.4. The number of carbonyl (C=O) groups is 1. The summed E-state index contributed by atoms with van der Waals surface area (Å²) in [5.74, 6) is 0.0188. The smallest absolute Gasteiger partial charge is 0.284 e. The largest absolute Gasteiger partial charge is 0.319 e. The summed E-state index contributed by atoms with van der Waals surface area (Å²) in [4.78, 5) is 16.8. The van der Waals surface area contributed by atoms with Crippen LogP contribution >= 0.6 is 0 Å². The molecule has 0 aromatic carbocycles. The van der Waals surface area contributed by atoms with Gasteiger partial charge in [0.2, 0.25) is 0 Å². The van der Waals surface area contributed by atoms with Gasteiger partial charge in [-0.15, -0.1) is 0 Å². The summed E-state index contributed by atoms with van der Waals surface area (Å²) in [6.45, 7) is 3.97. The molecule has 1 fully saturated rings. The Labute approximate surface area is 148 Å². The fraction of sp³-hybridized carbons (Fsp3) is 0.412. The fourth-order valence-corrected chi connectivity index (χ4v) is 3.24. The molecule has 9 heteroatoms. The number of nitrogens with zero attached hydrogens (tertiary/aromatic N) is 5. The quantitative estimate of drug-likeness (QED) is 0.774. The third-order valence-corrected chi connectivity index (χ3v) is 4.67. The van der Waals surface area contributed by atoms with Crippen molar-refractivity contribution in [3.63, 3.8) is 0 Å². The predicted octanol–water partition coefficient (Wildman–Crippen LogP) is 3.40. The van der Waals surface area contributed by atoms with Gasteiger partial charge >= 0.3 is 0 Å². The summed E-state index contributed by atoms with van der Waals surface area (Å²) < 4.78 is 29.7. The first-order chi connectivity index (χ1) is 12.4. The molecule has 7 nitrogen and oxygen atoms in total. The molecule has 0 unspecified atom stereocenters. The van der Waals surface area contributed by atoms with Crippen LogP contribution in [0.25, 0.3) is 5.65 Å². The van der Waals surface area contributed by atoms with Crippen molar-refractivity contribution in [3.8, 4) is 0 Å². The summed E-state index contributed by atoms with van der Waals surface area (Å²) >= 11 is 0. The van der Waals surface area contributed by atoms with Gasteiger partial charge in [0.05, 0.1) is 17.9 Å². The van der Waals surface area contributed by atoms with E-state index in [1.165, 1.54) is 21.6 Å². The highest BCUT2D eigenvalue weighted by atomic mass is 19.3. The Morgan fingerprint density at radius 1 is 1.31 bits per heavy atom. The molecule has 3 aromatic heterocycles. The van der Waals surface area contributed by atoms with Crippen LogP contribution in [0.15, 0.2) is 24.8 Å². The highest BCUT2D eigenvalue weighted by Crippen LogP contribution is 2.38. The van der Waals surface area contributed by atoms with Crippen molar-refractivity contribution in [1.29, 1.82) is 0 Å². The fourth-order valence-electron chi connectivity index (χ4n) is 3.24. The summed E-state index contributed by atoms with van der Waals surface area (Å²) in [6.07, 6.45) is 5.24. The lowest BCUT2D eigenvalue weighted by atomic mass is 9.82. The van der Waals surface area contributed by atoms with Gasteiger partial charge in [0.25, 0.3) is 12.3 Å². The van der Waals surface area contributed by atoms with Crippen molar-refractivity contribution in [2.24, 2.45) is 5.92 Å². The molecule has 4 rings (SSSR count). The third-order valence-electron chi connectivity index (χ3n) is 4.67. The molecule has 1 N–H and O–H groups in total. The van der Waals surface area contributed by atoms with Crippen LogP contribution in [-0.2, 0) is 0 Å². The van der Waals surface area contributed by atoms with Gasteiger partial charge in [-0.05, 0) is 31.2 Å². The van der Waals surface area contributed by atoms with E-state index in [2.05, 4.69) is 27.4 Å². The normalized spacial score (nSPS) is 19.7. The topological polar surface area (TPSA) is 77.1 Å². The van der Waals surface area contributed by atoms with E-state index in [1.807, 2.05) is 6.92 Å². The number of amides is 1. The van der Waals surface area contributed by atoms with Gasteiger partial charge in [-0.25, -0.2) is 18.3 Å². The Morgan fingerprint density at radius 3 is 2.77 bits per heavy atom. The lowest BCUT2D eigenvalue weighted by Gasteiger charge is -2.32. The van der Waals surface area contributed by atoms with E-state index >= 15 is 0 Å². The van der Waals surface area contributed by atoms with E-state index in [9.17, 15) is 13.6 Å². The van der Waals surface area contributed by atoms with Crippen molar-refractivity contribution in [1.82, 2.24) is 24.4 Å².